The van der Waals surface area contributed by atoms with E-state index in [1.165, 1.54) is 30.2 Å². The molecule has 0 saturated heterocycles. The Morgan fingerprint density at radius 2 is 1.67 bits per heavy atom. The van der Waals surface area contributed by atoms with Crippen molar-refractivity contribution in [2.75, 3.05) is 36.9 Å². The van der Waals surface area contributed by atoms with Crippen LogP contribution in [0.3, 0.4) is 0 Å². The largest absolute Gasteiger partial charge is 0.417 e. The quantitative estimate of drug-likeness (QED) is 0.146. The van der Waals surface area contributed by atoms with Gasteiger partial charge >= 0.3 is 12.2 Å². The first-order valence-electron chi connectivity index (χ1n) is 11.8. The number of carbonyl (C=O) groups is 2. The molecule has 0 saturated carbocycles. The number of nitrogens with zero attached hydrogens (tertiary/aromatic N) is 3. The molecule has 0 bridgehead atoms. The lowest BCUT2D eigenvalue weighted by molar-refractivity contribution is -0.137. The summed E-state index contributed by atoms with van der Waals surface area (Å²) in [6.07, 6.45) is -3.37. The highest BCUT2D eigenvalue weighted by molar-refractivity contribution is 7.99. The monoisotopic (exact) mass is 582 g/mol. The minimum Gasteiger partial charge on any atom is -0.308 e. The normalized spacial score (nSPS) is 11.4. The van der Waals surface area contributed by atoms with Crippen molar-refractivity contribution < 1.29 is 27.6 Å². The first kappa shape index (κ1) is 30.2. The molecule has 1 aromatic heterocycles. The number of aromatic nitrogens is 2. The van der Waals surface area contributed by atoms with Crippen molar-refractivity contribution in [1.29, 1.82) is 0 Å². The lowest BCUT2D eigenvalue weighted by atomic mass is 10.2. The molecule has 3 N–H and O–H groups in total. The summed E-state index contributed by atoms with van der Waals surface area (Å²) in [5.41, 5.74) is 1.82. The molecule has 0 unspecified atom stereocenters. The Balaban J connectivity index is 1.53. The summed E-state index contributed by atoms with van der Waals surface area (Å²) in [5, 5.41) is 4.95. The molecule has 0 radical (unpaired) electrons. The third-order valence-corrected chi connectivity index (χ3v) is 6.58. The first-order chi connectivity index (χ1) is 18.6. The number of halogens is 4. The fourth-order valence-electron chi connectivity index (χ4n) is 3.24. The summed E-state index contributed by atoms with van der Waals surface area (Å²) >= 11 is 6.87. The number of rotatable bonds is 11. The maximum absolute atomic E-state index is 13.0. The molecule has 1 heterocycles. The van der Waals surface area contributed by atoms with Gasteiger partial charge in [0.15, 0.2) is 0 Å². The SMILES string of the molecule is CCN(CC)CCONC(=O)c1cc(Sc2ccc(NC(=O)Nc3ccc(Cl)c(C(F)(F)F)c3)cc2)ncn1. The number of alkyl halides is 3. The highest BCUT2D eigenvalue weighted by atomic mass is 35.5. The van der Waals surface area contributed by atoms with E-state index in [4.69, 9.17) is 16.4 Å². The number of hydroxylamine groups is 1. The smallest absolute Gasteiger partial charge is 0.308 e. The Morgan fingerprint density at radius 1 is 1.00 bits per heavy atom. The van der Waals surface area contributed by atoms with Crippen molar-refractivity contribution in [2.24, 2.45) is 0 Å². The van der Waals surface area contributed by atoms with Crippen LogP contribution in [0.5, 0.6) is 0 Å². The zero-order valence-corrected chi connectivity index (χ0v) is 22.6. The second-order valence-corrected chi connectivity index (χ2v) is 9.45. The number of urea groups is 1. The number of carbonyl (C=O) groups excluding carboxylic acids is 2. The van der Waals surface area contributed by atoms with Crippen LogP contribution in [-0.2, 0) is 11.0 Å². The second-order valence-electron chi connectivity index (χ2n) is 7.95. The van der Waals surface area contributed by atoms with E-state index < -0.39 is 28.7 Å². The maximum Gasteiger partial charge on any atom is 0.417 e. The molecule has 0 aliphatic carbocycles. The number of likely N-dealkylation sites (N-methyl/N-ethyl adjacent to an activating group) is 1. The van der Waals surface area contributed by atoms with Gasteiger partial charge in [0.1, 0.15) is 17.0 Å². The van der Waals surface area contributed by atoms with Gasteiger partial charge in [-0.2, -0.15) is 13.2 Å². The summed E-state index contributed by atoms with van der Waals surface area (Å²) < 4.78 is 39.1. The lowest BCUT2D eigenvalue weighted by Crippen LogP contribution is -2.31. The van der Waals surface area contributed by atoms with E-state index >= 15 is 0 Å². The number of anilines is 2. The average molecular weight is 583 g/mol. The molecular weight excluding hydrogens is 557 g/mol. The van der Waals surface area contributed by atoms with Crippen molar-refractivity contribution in [3.63, 3.8) is 0 Å². The molecule has 39 heavy (non-hydrogen) atoms. The van der Waals surface area contributed by atoms with Crippen LogP contribution in [0.1, 0.15) is 29.9 Å². The molecule has 9 nitrogen and oxygen atoms in total. The van der Waals surface area contributed by atoms with Gasteiger partial charge in [-0.25, -0.2) is 20.2 Å². The van der Waals surface area contributed by atoms with Crippen LogP contribution in [0.2, 0.25) is 5.02 Å². The van der Waals surface area contributed by atoms with E-state index in [0.29, 0.717) is 23.9 Å². The van der Waals surface area contributed by atoms with Gasteiger partial charge in [0.25, 0.3) is 5.91 Å². The van der Waals surface area contributed by atoms with E-state index in [-0.39, 0.29) is 11.4 Å². The topological polar surface area (TPSA) is 108 Å². The third kappa shape index (κ3) is 9.39. The first-order valence-corrected chi connectivity index (χ1v) is 13.0. The second kappa shape index (κ2) is 14.1. The number of hydrogen-bond donors (Lipinski definition) is 3. The van der Waals surface area contributed by atoms with E-state index in [0.717, 1.165) is 30.1 Å². The average Bonchev–Trinajstić information content (AvgIpc) is 2.90. The van der Waals surface area contributed by atoms with Gasteiger partial charge in [0.05, 0.1) is 17.2 Å². The molecule has 208 valence electrons. The van der Waals surface area contributed by atoms with Crippen molar-refractivity contribution in [3.8, 4) is 0 Å². The molecule has 0 atom stereocenters. The number of nitrogens with one attached hydrogen (secondary N) is 3. The van der Waals surface area contributed by atoms with Crippen LogP contribution >= 0.6 is 23.4 Å². The van der Waals surface area contributed by atoms with Crippen molar-refractivity contribution >= 4 is 46.7 Å². The molecule has 0 aliphatic rings. The van der Waals surface area contributed by atoms with Crippen LogP contribution in [-0.4, -0.2) is 53.0 Å². The summed E-state index contributed by atoms with van der Waals surface area (Å²) in [6, 6.07) is 10.5. The molecular formula is C25H26ClF3N6O3S. The maximum atomic E-state index is 13.0. The Labute approximate surface area is 232 Å². The van der Waals surface area contributed by atoms with Gasteiger partial charge in [-0.15, -0.1) is 0 Å². The van der Waals surface area contributed by atoms with Crippen LogP contribution in [0.4, 0.5) is 29.3 Å². The Hall–Kier alpha value is -3.39. The summed E-state index contributed by atoms with van der Waals surface area (Å²) in [7, 11) is 0. The van der Waals surface area contributed by atoms with Crippen LogP contribution in [0.15, 0.2) is 64.8 Å². The molecule has 2 aromatic carbocycles. The van der Waals surface area contributed by atoms with Gasteiger partial charge in [0, 0.05) is 28.9 Å². The fraction of sp³-hybridized carbons (Fsp3) is 0.280. The number of hydrogen-bond acceptors (Lipinski definition) is 7. The predicted molar refractivity (Wildman–Crippen MR) is 143 cm³/mol. The molecule has 3 amide bonds. The van der Waals surface area contributed by atoms with Crippen molar-refractivity contribution in [3.05, 3.63) is 71.1 Å². The van der Waals surface area contributed by atoms with Gasteiger partial charge in [0.2, 0.25) is 0 Å². The van der Waals surface area contributed by atoms with Crippen molar-refractivity contribution in [1.82, 2.24) is 20.3 Å². The zero-order chi connectivity index (χ0) is 28.4. The van der Waals surface area contributed by atoms with Crippen LogP contribution < -0.4 is 16.1 Å². The van der Waals surface area contributed by atoms with Crippen LogP contribution in [0.25, 0.3) is 0 Å². The highest BCUT2D eigenvalue weighted by Gasteiger charge is 2.33. The van der Waals surface area contributed by atoms with Gasteiger partial charge in [-0.05, 0) is 55.6 Å². The van der Waals surface area contributed by atoms with Gasteiger partial charge < -0.3 is 15.5 Å². The summed E-state index contributed by atoms with van der Waals surface area (Å²) in [6.45, 7) is 6.90. The van der Waals surface area contributed by atoms with Crippen LogP contribution in [0, 0.1) is 0 Å². The fourth-order valence-corrected chi connectivity index (χ4v) is 4.25. The predicted octanol–water partition coefficient (Wildman–Crippen LogP) is 5.95. The molecule has 3 rings (SSSR count). The summed E-state index contributed by atoms with van der Waals surface area (Å²) in [4.78, 5) is 40.9. The minimum atomic E-state index is -4.65. The molecule has 0 aliphatic heterocycles. The van der Waals surface area contributed by atoms with E-state index in [1.54, 1.807) is 24.3 Å². The molecule has 0 fully saturated rings. The lowest BCUT2D eigenvalue weighted by Gasteiger charge is -2.17. The molecule has 0 spiro atoms. The zero-order valence-electron chi connectivity index (χ0n) is 21.0. The Morgan fingerprint density at radius 3 is 2.33 bits per heavy atom. The summed E-state index contributed by atoms with van der Waals surface area (Å²) in [5.74, 6) is -0.493. The highest BCUT2D eigenvalue weighted by Crippen LogP contribution is 2.36. The van der Waals surface area contributed by atoms with Crippen molar-refractivity contribution in [2.45, 2.75) is 29.9 Å². The molecule has 3 aromatic rings. The van der Waals surface area contributed by atoms with E-state index in [9.17, 15) is 22.8 Å². The third-order valence-electron chi connectivity index (χ3n) is 5.31. The van der Waals surface area contributed by atoms with Gasteiger partial charge in [-0.3, -0.25) is 9.63 Å². The standard InChI is InChI=1S/C25H26ClF3N6O3S/c1-3-35(4-2)11-12-38-34-23(36)21-14-22(31-15-30-21)39-18-8-5-16(6-9-18)32-24(37)33-17-7-10-20(26)19(13-17)25(27,28)29/h5-10,13-15H,3-4,11-12H2,1-2H3,(H,34,36)(H2,32,33,37). The Kier molecular flexibility index (Phi) is 10.9. The number of benzene rings is 2. The minimum absolute atomic E-state index is 0.0608. The Bertz CT molecular complexity index is 1280. The number of amides is 3. The molecule has 14 heteroatoms. The van der Waals surface area contributed by atoms with Gasteiger partial charge in [-0.1, -0.05) is 37.2 Å². The van der Waals surface area contributed by atoms with E-state index in [2.05, 4.69) is 31.0 Å². The van der Waals surface area contributed by atoms with E-state index in [1.807, 2.05) is 13.8 Å².